The lowest BCUT2D eigenvalue weighted by Gasteiger charge is -2.20. The summed E-state index contributed by atoms with van der Waals surface area (Å²) >= 11 is 0. The molecule has 130 valence electrons. The van der Waals surface area contributed by atoms with E-state index in [2.05, 4.69) is 0 Å². The van der Waals surface area contributed by atoms with Crippen molar-refractivity contribution in [3.05, 3.63) is 34.8 Å². The number of para-hydroxylation sites is 2. The molecule has 1 atom stereocenters. The summed E-state index contributed by atoms with van der Waals surface area (Å²) in [6, 6.07) is 6.49. The number of benzene rings is 1. The van der Waals surface area contributed by atoms with Crippen molar-refractivity contribution in [3.8, 4) is 0 Å². The molecular weight excluding hydrogens is 330 g/mol. The fraction of sp³-hybridized carbons (Fsp3) is 0.375. The Hall–Kier alpha value is -3.10. The fourth-order valence-electron chi connectivity index (χ4n) is 3.30. The number of cyclic esters (lactones) is 1. The predicted molar refractivity (Wildman–Crippen MR) is 83.7 cm³/mol. The zero-order valence-corrected chi connectivity index (χ0v) is 13.2. The number of carbonyl (C=O) groups is 3. The number of carbonyl (C=O) groups excluding carboxylic acids is 3. The lowest BCUT2D eigenvalue weighted by Crippen LogP contribution is -2.42. The van der Waals surface area contributed by atoms with Crippen LogP contribution in [0.15, 0.2) is 33.5 Å². The van der Waals surface area contributed by atoms with E-state index in [1.54, 1.807) is 24.3 Å². The lowest BCUT2D eigenvalue weighted by molar-refractivity contribution is -0.132. The molecule has 3 amide bonds. The first-order valence-corrected chi connectivity index (χ1v) is 7.89. The molecule has 1 unspecified atom stereocenters. The number of amides is 3. The summed E-state index contributed by atoms with van der Waals surface area (Å²) in [7, 11) is 0. The quantitative estimate of drug-likeness (QED) is 0.786. The average molecular weight is 345 g/mol. The third-order valence-electron chi connectivity index (χ3n) is 4.53. The lowest BCUT2D eigenvalue weighted by atomic mass is 10.2. The molecule has 2 aliphatic rings. The summed E-state index contributed by atoms with van der Waals surface area (Å²) < 4.78 is 11.1. The highest BCUT2D eigenvalue weighted by Gasteiger charge is 2.41. The van der Waals surface area contributed by atoms with Gasteiger partial charge in [-0.15, -0.1) is 0 Å². The van der Waals surface area contributed by atoms with Gasteiger partial charge in [0.1, 0.15) is 6.54 Å². The normalized spacial score (nSPS) is 20.6. The smallest absolute Gasteiger partial charge is 0.420 e. The van der Waals surface area contributed by atoms with Crippen LogP contribution in [0.25, 0.3) is 11.1 Å². The number of nitrogens with zero attached hydrogens (tertiary/aromatic N) is 3. The second kappa shape index (κ2) is 5.76. The van der Waals surface area contributed by atoms with Gasteiger partial charge in [0.25, 0.3) is 5.91 Å². The van der Waals surface area contributed by atoms with Gasteiger partial charge in [-0.2, -0.15) is 0 Å². The van der Waals surface area contributed by atoms with Crippen LogP contribution in [0.4, 0.5) is 4.79 Å². The van der Waals surface area contributed by atoms with Gasteiger partial charge in [0.05, 0.1) is 11.6 Å². The molecule has 1 aromatic heterocycles. The van der Waals surface area contributed by atoms with Crippen LogP contribution in [0.2, 0.25) is 0 Å². The molecule has 2 saturated heterocycles. The number of ether oxygens (including phenoxy) is 1. The molecule has 0 saturated carbocycles. The Morgan fingerprint density at radius 1 is 1.20 bits per heavy atom. The van der Waals surface area contributed by atoms with Crippen LogP contribution in [0.1, 0.15) is 6.42 Å². The molecule has 0 aliphatic carbocycles. The molecule has 9 nitrogen and oxygen atoms in total. The third kappa shape index (κ3) is 2.57. The number of hydrogen-bond donors (Lipinski definition) is 0. The van der Waals surface area contributed by atoms with E-state index in [-0.39, 0.29) is 37.6 Å². The second-order valence-electron chi connectivity index (χ2n) is 6.02. The van der Waals surface area contributed by atoms with Gasteiger partial charge in [-0.05, 0) is 18.6 Å². The van der Waals surface area contributed by atoms with Crippen molar-refractivity contribution in [1.82, 2.24) is 14.4 Å². The molecule has 0 N–H and O–H groups in total. The Morgan fingerprint density at radius 2 is 2.00 bits per heavy atom. The van der Waals surface area contributed by atoms with Gasteiger partial charge in [0, 0.05) is 13.1 Å². The van der Waals surface area contributed by atoms with E-state index >= 15 is 0 Å². The number of fused-ring (bicyclic) bond motifs is 1. The standard InChI is InChI=1S/C16H15N3O6/c20-13(8-18-11-3-1-2-4-12(11)25-15(18)22)17-6-5-10(7-17)19-14(21)9-24-16(19)23/h1-4,10H,5-9H2. The van der Waals surface area contributed by atoms with Gasteiger partial charge >= 0.3 is 11.8 Å². The van der Waals surface area contributed by atoms with Gasteiger partial charge in [-0.1, -0.05) is 12.1 Å². The van der Waals surface area contributed by atoms with Gasteiger partial charge in [0.2, 0.25) is 5.91 Å². The van der Waals surface area contributed by atoms with Crippen LogP contribution in [0, 0.1) is 0 Å². The first-order valence-electron chi connectivity index (χ1n) is 7.89. The molecule has 3 heterocycles. The number of likely N-dealkylation sites (tertiary alicyclic amines) is 1. The van der Waals surface area contributed by atoms with Crippen LogP contribution < -0.4 is 5.76 Å². The Labute approximate surface area is 141 Å². The number of imide groups is 1. The molecule has 9 heteroatoms. The zero-order valence-electron chi connectivity index (χ0n) is 13.2. The molecule has 2 fully saturated rings. The summed E-state index contributed by atoms with van der Waals surface area (Å²) in [4.78, 5) is 50.4. The second-order valence-corrected chi connectivity index (χ2v) is 6.02. The molecule has 0 radical (unpaired) electrons. The topological polar surface area (TPSA) is 102 Å². The van der Waals surface area contributed by atoms with Gasteiger partial charge in [0.15, 0.2) is 12.2 Å². The molecule has 0 spiro atoms. The van der Waals surface area contributed by atoms with Crippen LogP contribution in [0.5, 0.6) is 0 Å². The maximum absolute atomic E-state index is 12.5. The SMILES string of the molecule is O=C(Cn1c(=O)oc2ccccc21)N1CCC(N2C(=O)COC2=O)C1. The summed E-state index contributed by atoms with van der Waals surface area (Å²) in [6.45, 7) is 0.246. The van der Waals surface area contributed by atoms with E-state index in [0.29, 0.717) is 24.1 Å². The number of hydrogen-bond acceptors (Lipinski definition) is 6. The molecule has 1 aromatic carbocycles. The van der Waals surface area contributed by atoms with Crippen molar-refractivity contribution in [1.29, 1.82) is 0 Å². The van der Waals surface area contributed by atoms with Crippen LogP contribution in [-0.2, 0) is 20.9 Å². The van der Waals surface area contributed by atoms with Crippen molar-refractivity contribution in [2.24, 2.45) is 0 Å². The van der Waals surface area contributed by atoms with E-state index < -0.39 is 11.8 Å². The molecule has 2 aromatic rings. The largest absolute Gasteiger partial charge is 0.439 e. The van der Waals surface area contributed by atoms with E-state index in [1.165, 1.54) is 9.47 Å². The zero-order chi connectivity index (χ0) is 17.6. The monoisotopic (exact) mass is 345 g/mol. The van der Waals surface area contributed by atoms with Gasteiger partial charge < -0.3 is 14.1 Å². The van der Waals surface area contributed by atoms with Crippen molar-refractivity contribution in [2.45, 2.75) is 19.0 Å². The minimum Gasteiger partial charge on any atom is -0.439 e. The number of aromatic nitrogens is 1. The van der Waals surface area contributed by atoms with Crippen molar-refractivity contribution >= 4 is 29.0 Å². The van der Waals surface area contributed by atoms with Crippen LogP contribution in [-0.4, -0.2) is 58.0 Å². The summed E-state index contributed by atoms with van der Waals surface area (Å²) in [5.41, 5.74) is 0.972. The number of oxazole rings is 1. The van der Waals surface area contributed by atoms with Crippen molar-refractivity contribution in [3.63, 3.8) is 0 Å². The van der Waals surface area contributed by atoms with Crippen molar-refractivity contribution in [2.75, 3.05) is 19.7 Å². The molecule has 25 heavy (non-hydrogen) atoms. The summed E-state index contributed by atoms with van der Waals surface area (Å²) in [5.74, 6) is -1.25. The summed E-state index contributed by atoms with van der Waals surface area (Å²) in [5, 5.41) is 0. The third-order valence-corrected chi connectivity index (χ3v) is 4.53. The first kappa shape index (κ1) is 15.4. The Kier molecular flexibility index (Phi) is 3.56. The maximum atomic E-state index is 12.5. The fourth-order valence-corrected chi connectivity index (χ4v) is 3.30. The minimum atomic E-state index is -0.665. The predicted octanol–water partition coefficient (Wildman–Crippen LogP) is 0.174. The molecule has 0 bridgehead atoms. The van der Waals surface area contributed by atoms with Crippen LogP contribution in [0.3, 0.4) is 0 Å². The van der Waals surface area contributed by atoms with Crippen molar-refractivity contribution < 1.29 is 23.5 Å². The van der Waals surface area contributed by atoms with E-state index in [1.807, 2.05) is 0 Å². The van der Waals surface area contributed by atoms with E-state index in [4.69, 9.17) is 9.15 Å². The molecule has 2 aliphatic heterocycles. The Balaban J connectivity index is 1.49. The first-order chi connectivity index (χ1) is 12.0. The Bertz CT molecular complexity index is 913. The Morgan fingerprint density at radius 3 is 2.76 bits per heavy atom. The van der Waals surface area contributed by atoms with Gasteiger partial charge in [-0.25, -0.2) is 14.5 Å². The average Bonchev–Trinajstić information content (AvgIpc) is 3.27. The van der Waals surface area contributed by atoms with E-state index in [0.717, 1.165) is 4.90 Å². The highest BCUT2D eigenvalue weighted by Crippen LogP contribution is 2.21. The van der Waals surface area contributed by atoms with Gasteiger partial charge in [-0.3, -0.25) is 14.2 Å². The number of rotatable bonds is 3. The highest BCUT2D eigenvalue weighted by atomic mass is 16.6. The maximum Gasteiger partial charge on any atom is 0.420 e. The highest BCUT2D eigenvalue weighted by molar-refractivity contribution is 5.98. The van der Waals surface area contributed by atoms with E-state index in [9.17, 15) is 19.2 Å². The molecule has 4 rings (SSSR count). The molecular formula is C16H15N3O6. The van der Waals surface area contributed by atoms with Crippen LogP contribution >= 0.6 is 0 Å². The minimum absolute atomic E-state index is 0.152. The summed E-state index contributed by atoms with van der Waals surface area (Å²) in [6.07, 6.45) is -0.172.